The van der Waals surface area contributed by atoms with Crippen molar-refractivity contribution in [2.24, 2.45) is 5.84 Å². The molecule has 7 heteroatoms. The van der Waals surface area contributed by atoms with Crippen LogP contribution in [0.4, 0.5) is 17.1 Å². The Hall–Kier alpha value is -2.67. The summed E-state index contributed by atoms with van der Waals surface area (Å²) in [4.78, 5) is 14.8. The lowest BCUT2D eigenvalue weighted by molar-refractivity contribution is -0.383. The number of nitrogens with two attached hydrogens (primary N) is 1. The van der Waals surface area contributed by atoms with Crippen molar-refractivity contribution in [3.63, 3.8) is 0 Å². The number of nitrogen functional groups attached to an aromatic ring is 1. The Morgan fingerprint density at radius 2 is 2.05 bits per heavy atom. The third-order valence-corrected chi connectivity index (χ3v) is 2.83. The fourth-order valence-corrected chi connectivity index (χ4v) is 1.80. The number of nitrogens with one attached hydrogen (secondary N) is 2. The van der Waals surface area contributed by atoms with E-state index < -0.39 is 4.92 Å². The molecule has 7 nitrogen and oxygen atoms in total. The lowest BCUT2D eigenvalue weighted by Gasteiger charge is -2.09. The number of rotatable bonds is 5. The number of hydrogen-bond acceptors (Lipinski definition) is 6. The van der Waals surface area contributed by atoms with Gasteiger partial charge in [0.15, 0.2) is 0 Å². The number of hydrogen-bond donors (Lipinski definition) is 3. The molecule has 0 fully saturated rings. The van der Waals surface area contributed by atoms with E-state index in [0.717, 1.165) is 11.3 Å². The highest BCUT2D eigenvalue weighted by molar-refractivity contribution is 5.75. The SMILES string of the molecule is Cc1ccc(CNc2cccc(NN)c2[N+](=O)[O-])cn1. The number of nitro groups is 1. The molecule has 2 rings (SSSR count). The Morgan fingerprint density at radius 3 is 2.65 bits per heavy atom. The number of benzene rings is 1. The summed E-state index contributed by atoms with van der Waals surface area (Å²) in [5, 5.41) is 14.1. The molecule has 0 atom stereocenters. The monoisotopic (exact) mass is 273 g/mol. The van der Waals surface area contributed by atoms with Gasteiger partial charge in [0, 0.05) is 18.4 Å². The van der Waals surface area contributed by atoms with Gasteiger partial charge in [-0.2, -0.15) is 0 Å². The van der Waals surface area contributed by atoms with Crippen LogP contribution in [0.1, 0.15) is 11.3 Å². The highest BCUT2D eigenvalue weighted by Gasteiger charge is 2.18. The van der Waals surface area contributed by atoms with Crippen LogP contribution in [0.2, 0.25) is 0 Å². The molecule has 0 bridgehead atoms. The minimum absolute atomic E-state index is 0.0740. The molecule has 2 aromatic rings. The Bertz CT molecular complexity index is 613. The number of para-hydroxylation sites is 1. The highest BCUT2D eigenvalue weighted by atomic mass is 16.6. The van der Waals surface area contributed by atoms with Crippen molar-refractivity contribution in [3.8, 4) is 0 Å². The van der Waals surface area contributed by atoms with E-state index in [4.69, 9.17) is 5.84 Å². The average molecular weight is 273 g/mol. The fourth-order valence-electron chi connectivity index (χ4n) is 1.80. The molecular formula is C13H15N5O2. The van der Waals surface area contributed by atoms with Crippen LogP contribution >= 0.6 is 0 Å². The van der Waals surface area contributed by atoms with Crippen molar-refractivity contribution in [1.29, 1.82) is 0 Å². The summed E-state index contributed by atoms with van der Waals surface area (Å²) in [6.45, 7) is 2.35. The van der Waals surface area contributed by atoms with Gasteiger partial charge < -0.3 is 10.7 Å². The van der Waals surface area contributed by atoms with E-state index in [-0.39, 0.29) is 11.4 Å². The normalized spacial score (nSPS) is 10.1. The number of nitrogens with zero attached hydrogens (tertiary/aromatic N) is 2. The molecule has 0 aliphatic rings. The van der Waals surface area contributed by atoms with Crippen LogP contribution < -0.4 is 16.6 Å². The first-order valence-electron chi connectivity index (χ1n) is 6.01. The van der Waals surface area contributed by atoms with Crippen molar-refractivity contribution in [2.75, 3.05) is 10.7 Å². The third kappa shape index (κ3) is 3.01. The van der Waals surface area contributed by atoms with Gasteiger partial charge in [0.05, 0.1) is 4.92 Å². The first-order valence-corrected chi connectivity index (χ1v) is 6.01. The molecule has 0 saturated carbocycles. The average Bonchev–Trinajstić information content (AvgIpc) is 2.46. The highest BCUT2D eigenvalue weighted by Crippen LogP contribution is 2.32. The molecule has 1 aromatic carbocycles. The number of nitro benzene ring substituents is 1. The van der Waals surface area contributed by atoms with E-state index in [2.05, 4.69) is 15.7 Å². The Balaban J connectivity index is 2.21. The summed E-state index contributed by atoms with van der Waals surface area (Å²) in [6, 6.07) is 8.70. The molecule has 0 spiro atoms. The van der Waals surface area contributed by atoms with Crippen LogP contribution in [0, 0.1) is 17.0 Å². The first kappa shape index (κ1) is 13.8. The standard InChI is InChI=1S/C13H15N5O2/c1-9-5-6-10(7-15-9)8-16-11-3-2-4-12(17-14)13(11)18(19)20/h2-7,16-17H,8,14H2,1H3. The molecule has 0 unspecified atom stereocenters. The Kier molecular flexibility index (Phi) is 4.11. The smallest absolute Gasteiger partial charge is 0.316 e. The van der Waals surface area contributed by atoms with Gasteiger partial charge >= 0.3 is 5.69 Å². The third-order valence-electron chi connectivity index (χ3n) is 2.83. The molecule has 0 saturated heterocycles. The second-order valence-electron chi connectivity index (χ2n) is 4.26. The number of anilines is 2. The van der Waals surface area contributed by atoms with Crippen LogP contribution in [0.25, 0.3) is 0 Å². The summed E-state index contributed by atoms with van der Waals surface area (Å²) in [7, 11) is 0. The van der Waals surface area contributed by atoms with Crippen molar-refractivity contribution in [2.45, 2.75) is 13.5 Å². The van der Waals surface area contributed by atoms with E-state index in [1.807, 2.05) is 19.1 Å². The molecular weight excluding hydrogens is 258 g/mol. The molecule has 0 radical (unpaired) electrons. The summed E-state index contributed by atoms with van der Waals surface area (Å²) in [6.07, 6.45) is 1.74. The molecule has 0 aliphatic carbocycles. The minimum atomic E-state index is -0.467. The van der Waals surface area contributed by atoms with Gasteiger partial charge in [-0.1, -0.05) is 12.1 Å². The summed E-state index contributed by atoms with van der Waals surface area (Å²) < 4.78 is 0. The van der Waals surface area contributed by atoms with Gasteiger partial charge in [-0.05, 0) is 30.7 Å². The fraction of sp³-hybridized carbons (Fsp3) is 0.154. The van der Waals surface area contributed by atoms with E-state index in [1.54, 1.807) is 24.4 Å². The molecule has 0 amide bonds. The lowest BCUT2D eigenvalue weighted by Crippen LogP contribution is -2.11. The van der Waals surface area contributed by atoms with Gasteiger partial charge in [-0.15, -0.1) is 0 Å². The maximum atomic E-state index is 11.1. The van der Waals surface area contributed by atoms with Crippen LogP contribution in [0.15, 0.2) is 36.5 Å². The van der Waals surface area contributed by atoms with Crippen LogP contribution in [-0.4, -0.2) is 9.91 Å². The number of hydrazine groups is 1. The number of aryl methyl sites for hydroxylation is 1. The maximum absolute atomic E-state index is 11.1. The molecule has 4 N–H and O–H groups in total. The zero-order chi connectivity index (χ0) is 14.5. The Morgan fingerprint density at radius 1 is 1.30 bits per heavy atom. The molecule has 20 heavy (non-hydrogen) atoms. The summed E-state index contributed by atoms with van der Waals surface area (Å²) >= 11 is 0. The zero-order valence-electron chi connectivity index (χ0n) is 11.0. The topological polar surface area (TPSA) is 106 Å². The van der Waals surface area contributed by atoms with Crippen LogP contribution in [-0.2, 0) is 6.54 Å². The quantitative estimate of drug-likeness (QED) is 0.438. The van der Waals surface area contributed by atoms with E-state index in [0.29, 0.717) is 12.2 Å². The largest absolute Gasteiger partial charge is 0.375 e. The molecule has 104 valence electrons. The summed E-state index contributed by atoms with van der Waals surface area (Å²) in [5.74, 6) is 5.29. The van der Waals surface area contributed by atoms with Crippen molar-refractivity contribution in [3.05, 3.63) is 57.9 Å². The predicted octanol–water partition coefficient (Wildman–Crippen LogP) is 2.20. The molecule has 1 heterocycles. The van der Waals surface area contributed by atoms with Gasteiger partial charge in [-0.3, -0.25) is 20.9 Å². The van der Waals surface area contributed by atoms with E-state index in [9.17, 15) is 10.1 Å². The van der Waals surface area contributed by atoms with Crippen molar-refractivity contribution < 1.29 is 4.92 Å². The second-order valence-corrected chi connectivity index (χ2v) is 4.26. The lowest BCUT2D eigenvalue weighted by atomic mass is 10.2. The van der Waals surface area contributed by atoms with Gasteiger partial charge in [0.25, 0.3) is 0 Å². The second kappa shape index (κ2) is 5.98. The molecule has 1 aromatic heterocycles. The van der Waals surface area contributed by atoms with Gasteiger partial charge in [-0.25, -0.2) is 0 Å². The van der Waals surface area contributed by atoms with E-state index >= 15 is 0 Å². The summed E-state index contributed by atoms with van der Waals surface area (Å²) in [5.41, 5.74) is 4.79. The van der Waals surface area contributed by atoms with Gasteiger partial charge in [0.2, 0.25) is 0 Å². The van der Waals surface area contributed by atoms with Crippen LogP contribution in [0.3, 0.4) is 0 Å². The maximum Gasteiger partial charge on any atom is 0.316 e. The number of pyridine rings is 1. The van der Waals surface area contributed by atoms with E-state index in [1.165, 1.54) is 0 Å². The molecule has 0 aliphatic heterocycles. The van der Waals surface area contributed by atoms with Crippen LogP contribution in [0.5, 0.6) is 0 Å². The Labute approximate surface area is 116 Å². The zero-order valence-corrected chi connectivity index (χ0v) is 11.0. The van der Waals surface area contributed by atoms with Crippen molar-refractivity contribution in [1.82, 2.24) is 4.98 Å². The van der Waals surface area contributed by atoms with Crippen molar-refractivity contribution >= 4 is 17.1 Å². The predicted molar refractivity (Wildman–Crippen MR) is 77.2 cm³/mol. The minimum Gasteiger partial charge on any atom is -0.375 e. The van der Waals surface area contributed by atoms with Gasteiger partial charge in [0.1, 0.15) is 11.4 Å². The number of aromatic nitrogens is 1. The first-order chi connectivity index (χ1) is 9.61.